The molecule has 3 atom stereocenters. The van der Waals surface area contributed by atoms with Gasteiger partial charge in [0.25, 0.3) is 23.6 Å². The van der Waals surface area contributed by atoms with Gasteiger partial charge in [-0.2, -0.15) is 0 Å². The highest BCUT2D eigenvalue weighted by molar-refractivity contribution is 7.96. The number of nitrogens with zero attached hydrogens (tertiary/aromatic N) is 4. The van der Waals surface area contributed by atoms with E-state index in [1.54, 1.807) is 0 Å². The van der Waals surface area contributed by atoms with E-state index in [9.17, 15) is 32.1 Å². The van der Waals surface area contributed by atoms with Gasteiger partial charge in [0.2, 0.25) is 0 Å². The average Bonchev–Trinajstić information content (AvgIpc) is 3.73. The standard InChI is InChI=1S/C29H30F2N4O9S2.CH4O/c1-41-22-10-16-19(34(45-30)28(39)18-5-3-6-32(18)26(16)37)12-24(22)43-7-4-8-44-25-13-20-17(11-23(25)42-2)27(38)33-14-15(36)9-21(33)29(40)35(20)46-31;1-2/h10-13,15,18,21,36H,3-9,14H2,1-2H3;2H,1H3. The fourth-order valence-electron chi connectivity index (χ4n) is 6.24. The summed E-state index contributed by atoms with van der Waals surface area (Å²) < 4.78 is 52.5. The largest absolute Gasteiger partial charge is 0.493 e. The fraction of sp³-hybridized carbons (Fsp3) is 0.467. The summed E-state index contributed by atoms with van der Waals surface area (Å²) in [6, 6.07) is 3.82. The molecule has 14 nitrogen and oxygen atoms in total. The Morgan fingerprint density at radius 1 is 0.771 bits per heavy atom. The summed E-state index contributed by atoms with van der Waals surface area (Å²) in [5, 5.41) is 17.0. The number of hydrogen-bond donors (Lipinski definition) is 2. The molecule has 0 radical (unpaired) electrons. The molecule has 0 aliphatic carbocycles. The van der Waals surface area contributed by atoms with Gasteiger partial charge >= 0.3 is 0 Å². The van der Waals surface area contributed by atoms with Crippen molar-refractivity contribution in [3.8, 4) is 23.0 Å². The Labute approximate surface area is 283 Å². The van der Waals surface area contributed by atoms with Gasteiger partial charge in [-0.15, -0.1) is 7.77 Å². The van der Waals surface area contributed by atoms with Crippen molar-refractivity contribution in [2.45, 2.75) is 43.9 Å². The molecule has 4 heterocycles. The predicted molar refractivity (Wildman–Crippen MR) is 172 cm³/mol. The van der Waals surface area contributed by atoms with Crippen LogP contribution in [-0.4, -0.2) is 109 Å². The highest BCUT2D eigenvalue weighted by atomic mass is 32.2. The van der Waals surface area contributed by atoms with Gasteiger partial charge in [-0.1, -0.05) is 0 Å². The van der Waals surface area contributed by atoms with Crippen LogP contribution in [0.5, 0.6) is 23.0 Å². The third-order valence-electron chi connectivity index (χ3n) is 8.43. The van der Waals surface area contributed by atoms with Crippen LogP contribution in [0.1, 0.15) is 46.4 Å². The zero-order valence-corrected chi connectivity index (χ0v) is 27.9. The van der Waals surface area contributed by atoms with Crippen LogP contribution in [0.4, 0.5) is 19.1 Å². The van der Waals surface area contributed by atoms with E-state index in [1.165, 1.54) is 48.3 Å². The molecule has 4 amide bonds. The van der Waals surface area contributed by atoms with Crippen molar-refractivity contribution in [3.63, 3.8) is 0 Å². The van der Waals surface area contributed by atoms with Crippen LogP contribution in [-0.2, 0) is 9.59 Å². The lowest BCUT2D eigenvalue weighted by atomic mass is 10.1. The SMILES string of the molecule is CO.COc1cc2c(cc1OCCCOc1cc3c(cc1OC)C(=O)N1CC(O)CC1C(=O)N3SF)N(SF)C(=O)C1CCCN1C2=O. The van der Waals surface area contributed by atoms with Gasteiger partial charge in [0.15, 0.2) is 47.7 Å². The van der Waals surface area contributed by atoms with Gasteiger partial charge in [0.1, 0.15) is 12.1 Å². The Balaban J connectivity index is 0.00000221. The third-order valence-corrected chi connectivity index (χ3v) is 9.46. The molecule has 2 fully saturated rings. The lowest BCUT2D eigenvalue weighted by Crippen LogP contribution is -2.42. The number of rotatable bonds is 10. The summed E-state index contributed by atoms with van der Waals surface area (Å²) in [6.45, 7) is 0.485. The van der Waals surface area contributed by atoms with Crippen LogP contribution in [0.2, 0.25) is 0 Å². The number of hydrogen-bond acceptors (Lipinski definition) is 12. The lowest BCUT2D eigenvalue weighted by molar-refractivity contribution is -0.121. The molecule has 4 aliphatic rings. The van der Waals surface area contributed by atoms with Gasteiger partial charge in [0.05, 0.1) is 56.0 Å². The Kier molecular flexibility index (Phi) is 11.1. The highest BCUT2D eigenvalue weighted by Crippen LogP contribution is 2.44. The first-order chi connectivity index (χ1) is 23.2. The van der Waals surface area contributed by atoms with Crippen molar-refractivity contribution in [2.24, 2.45) is 0 Å². The maximum atomic E-state index is 14.1. The summed E-state index contributed by atoms with van der Waals surface area (Å²) in [5.41, 5.74) is 0.205. The van der Waals surface area contributed by atoms with E-state index in [0.29, 0.717) is 25.8 Å². The maximum Gasteiger partial charge on any atom is 0.261 e. The normalized spacial score (nSPS) is 21.4. The van der Waals surface area contributed by atoms with Crippen molar-refractivity contribution >= 4 is 59.7 Å². The van der Waals surface area contributed by atoms with Crippen molar-refractivity contribution in [3.05, 3.63) is 35.4 Å². The molecule has 2 aromatic carbocycles. The lowest BCUT2D eigenvalue weighted by Gasteiger charge is -2.22. The second kappa shape index (κ2) is 15.0. The summed E-state index contributed by atoms with van der Waals surface area (Å²) >= 11 is -0.617. The van der Waals surface area contributed by atoms with Gasteiger partial charge in [0, 0.05) is 45.2 Å². The predicted octanol–water partition coefficient (Wildman–Crippen LogP) is 3.10. The summed E-state index contributed by atoms with van der Waals surface area (Å²) in [6.07, 6.45) is 0.496. The monoisotopic (exact) mass is 712 g/mol. The van der Waals surface area contributed by atoms with Crippen molar-refractivity contribution < 1.29 is 56.1 Å². The molecule has 260 valence electrons. The zero-order valence-electron chi connectivity index (χ0n) is 26.2. The minimum atomic E-state index is -1.00. The second-order valence-electron chi connectivity index (χ2n) is 11.0. The molecule has 4 aliphatic heterocycles. The van der Waals surface area contributed by atoms with Crippen LogP contribution < -0.4 is 27.6 Å². The molecule has 0 spiro atoms. The second-order valence-corrected chi connectivity index (χ2v) is 12.0. The Hall–Kier alpha value is -4.00. The number of ether oxygens (including phenoxy) is 4. The first kappa shape index (κ1) is 35.3. The molecule has 2 aromatic rings. The number of benzene rings is 2. The number of amides is 4. The number of aliphatic hydroxyl groups excluding tert-OH is 2. The number of anilines is 2. The Bertz CT molecular complexity index is 1590. The number of halogens is 2. The van der Waals surface area contributed by atoms with Crippen molar-refractivity contribution in [1.29, 1.82) is 0 Å². The number of methoxy groups -OCH3 is 2. The number of fused-ring (bicyclic) bond motifs is 4. The molecule has 3 unspecified atom stereocenters. The Morgan fingerprint density at radius 3 is 1.77 bits per heavy atom. The van der Waals surface area contributed by atoms with E-state index < -0.39 is 35.9 Å². The molecule has 2 N–H and O–H groups in total. The maximum absolute atomic E-state index is 14.1. The first-order valence-corrected chi connectivity index (χ1v) is 16.3. The minimum Gasteiger partial charge on any atom is -0.493 e. The molecular weight excluding hydrogens is 678 g/mol. The molecule has 18 heteroatoms. The third kappa shape index (κ3) is 6.28. The first-order valence-electron chi connectivity index (χ1n) is 14.9. The van der Waals surface area contributed by atoms with Crippen LogP contribution >= 0.6 is 24.7 Å². The summed E-state index contributed by atoms with van der Waals surface area (Å²) in [4.78, 5) is 55.4. The van der Waals surface area contributed by atoms with E-state index in [0.717, 1.165) is 15.7 Å². The van der Waals surface area contributed by atoms with Crippen LogP contribution in [0, 0.1) is 0 Å². The minimum absolute atomic E-state index is 0.00133. The van der Waals surface area contributed by atoms with E-state index in [1.807, 2.05) is 0 Å². The fourth-order valence-corrected chi connectivity index (χ4v) is 7.07. The summed E-state index contributed by atoms with van der Waals surface area (Å²) in [5.74, 6) is -1.40. The molecule has 0 aromatic heterocycles. The van der Waals surface area contributed by atoms with Crippen LogP contribution in [0.25, 0.3) is 0 Å². The van der Waals surface area contributed by atoms with E-state index in [4.69, 9.17) is 24.1 Å². The molecular formula is C30H34F2N4O10S2. The number of aliphatic hydroxyl groups is 2. The highest BCUT2D eigenvalue weighted by Gasteiger charge is 2.47. The Morgan fingerprint density at radius 2 is 1.27 bits per heavy atom. The smallest absolute Gasteiger partial charge is 0.261 e. The van der Waals surface area contributed by atoms with Crippen LogP contribution in [0.15, 0.2) is 24.3 Å². The van der Waals surface area contributed by atoms with Gasteiger partial charge in [-0.05, 0) is 25.0 Å². The molecule has 48 heavy (non-hydrogen) atoms. The quantitative estimate of drug-likeness (QED) is 0.274. The number of carbonyl (C=O) groups excluding carboxylic acids is 4. The van der Waals surface area contributed by atoms with Crippen molar-refractivity contribution in [2.75, 3.05) is 56.2 Å². The van der Waals surface area contributed by atoms with Gasteiger partial charge < -0.3 is 39.0 Å². The van der Waals surface area contributed by atoms with E-state index in [-0.39, 0.29) is 102 Å². The number of carbonyl (C=O) groups is 4. The van der Waals surface area contributed by atoms with Gasteiger partial charge in [-0.3, -0.25) is 19.2 Å². The topological polar surface area (TPSA) is 159 Å². The average molecular weight is 713 g/mol. The van der Waals surface area contributed by atoms with Crippen LogP contribution in [0.3, 0.4) is 0 Å². The van der Waals surface area contributed by atoms with Crippen molar-refractivity contribution in [1.82, 2.24) is 9.80 Å². The zero-order chi connectivity index (χ0) is 34.7. The summed E-state index contributed by atoms with van der Waals surface area (Å²) in [7, 11) is 3.77. The molecule has 0 bridgehead atoms. The molecule has 6 rings (SSSR count). The molecule has 0 saturated carbocycles. The van der Waals surface area contributed by atoms with Gasteiger partial charge in [-0.25, -0.2) is 8.61 Å². The molecule has 2 saturated heterocycles. The van der Waals surface area contributed by atoms with E-state index in [2.05, 4.69) is 0 Å². The van der Waals surface area contributed by atoms with E-state index >= 15 is 0 Å².